The minimum atomic E-state index is -2.97. The zero-order chi connectivity index (χ0) is 23.9. The van der Waals surface area contributed by atoms with Crippen molar-refractivity contribution in [2.75, 3.05) is 0 Å². The minimum absolute atomic E-state index is 0.309. The van der Waals surface area contributed by atoms with Crippen LogP contribution >= 0.6 is 0 Å². The van der Waals surface area contributed by atoms with E-state index >= 15 is 0 Å². The summed E-state index contributed by atoms with van der Waals surface area (Å²) in [5, 5.41) is 12.1. The Kier molecular flexibility index (Phi) is 10.5. The maximum atomic E-state index is 12.1. The van der Waals surface area contributed by atoms with Crippen molar-refractivity contribution in [2.24, 2.45) is 0 Å². The maximum absolute atomic E-state index is 12.1. The van der Waals surface area contributed by atoms with E-state index in [1.165, 1.54) is 51.8 Å². The van der Waals surface area contributed by atoms with Crippen molar-refractivity contribution in [3.05, 3.63) is 35.9 Å². The van der Waals surface area contributed by atoms with Crippen LogP contribution in [0.25, 0.3) is 0 Å². The van der Waals surface area contributed by atoms with Crippen LogP contribution in [-0.4, -0.2) is 58.0 Å². The van der Waals surface area contributed by atoms with Crippen LogP contribution < -0.4 is 0 Å². The van der Waals surface area contributed by atoms with Crippen LogP contribution in [0.5, 0.6) is 0 Å². The first-order valence-electron chi connectivity index (χ1n) is 13.2. The molecule has 2 aliphatic rings. The monoisotopic (exact) mass is 570 g/mol. The molecule has 0 aromatic heterocycles. The molecule has 0 spiro atoms. The summed E-state index contributed by atoms with van der Waals surface area (Å²) in [6, 6.07) is 10.2. The number of ether oxygens (including phenoxy) is 4. The van der Waals surface area contributed by atoms with Gasteiger partial charge in [0.2, 0.25) is 0 Å². The molecule has 0 bridgehead atoms. The third-order valence-electron chi connectivity index (χ3n) is 7.34. The second kappa shape index (κ2) is 12.7. The van der Waals surface area contributed by atoms with Crippen LogP contribution in [0.3, 0.4) is 0 Å². The summed E-state index contributed by atoms with van der Waals surface area (Å²) in [4.78, 5) is 0. The van der Waals surface area contributed by atoms with E-state index in [4.69, 9.17) is 18.9 Å². The normalized spacial score (nSPS) is 27.6. The number of hydrogen-bond acceptors (Lipinski definition) is 5. The number of fused-ring (bicyclic) bond motifs is 1. The third kappa shape index (κ3) is 6.95. The van der Waals surface area contributed by atoms with Gasteiger partial charge in [-0.15, -0.1) is 0 Å². The van der Waals surface area contributed by atoms with Gasteiger partial charge in [-0.3, -0.25) is 0 Å². The van der Waals surface area contributed by atoms with Gasteiger partial charge in [0, 0.05) is 0 Å². The molecule has 2 heterocycles. The Bertz CT molecular complexity index is 675. The Hall–Kier alpha value is -0.181. The molecule has 0 aliphatic carbocycles. The molecule has 5 atom stereocenters. The van der Waals surface area contributed by atoms with Crippen LogP contribution in [0.15, 0.2) is 30.3 Å². The summed E-state index contributed by atoms with van der Waals surface area (Å²) < 4.78 is 28.5. The predicted octanol–water partition coefficient (Wildman–Crippen LogP) is 6.20. The average Bonchev–Trinajstić information content (AvgIpc) is 3.29. The molecule has 5 nitrogen and oxygen atoms in total. The first kappa shape index (κ1) is 27.4. The molecule has 0 radical (unpaired) electrons. The van der Waals surface area contributed by atoms with Gasteiger partial charge >= 0.3 is 206 Å². The molecule has 0 saturated carbocycles. The molecule has 2 saturated heterocycles. The molecular formula is C27H46O5Sn. The van der Waals surface area contributed by atoms with Crippen molar-refractivity contribution in [1.29, 1.82) is 0 Å². The van der Waals surface area contributed by atoms with Crippen molar-refractivity contribution < 1.29 is 24.1 Å². The summed E-state index contributed by atoms with van der Waals surface area (Å²) in [5.41, 5.74) is 1.12. The van der Waals surface area contributed by atoms with Gasteiger partial charge in [-0.1, -0.05) is 0 Å². The number of benzene rings is 1. The van der Waals surface area contributed by atoms with Gasteiger partial charge in [0.25, 0.3) is 0 Å². The van der Waals surface area contributed by atoms with Crippen molar-refractivity contribution >= 4 is 18.4 Å². The van der Waals surface area contributed by atoms with Gasteiger partial charge in [0.05, 0.1) is 0 Å². The zero-order valence-electron chi connectivity index (χ0n) is 21.4. The topological polar surface area (TPSA) is 57.2 Å². The van der Waals surface area contributed by atoms with Crippen LogP contribution in [0, 0.1) is 0 Å². The Labute approximate surface area is 205 Å². The molecule has 3 rings (SSSR count). The molecular weight excluding hydrogens is 523 g/mol. The van der Waals surface area contributed by atoms with E-state index in [2.05, 4.69) is 32.9 Å². The van der Waals surface area contributed by atoms with Crippen molar-refractivity contribution in [1.82, 2.24) is 0 Å². The quantitative estimate of drug-likeness (QED) is 0.271. The molecule has 1 aromatic carbocycles. The van der Waals surface area contributed by atoms with Crippen LogP contribution in [0.1, 0.15) is 78.7 Å². The fraction of sp³-hybridized carbons (Fsp3) is 0.778. The van der Waals surface area contributed by atoms with Crippen LogP contribution in [0.2, 0.25) is 13.3 Å². The molecule has 2 fully saturated rings. The number of aliphatic hydroxyl groups excluding tert-OH is 1. The average molecular weight is 569 g/mol. The summed E-state index contributed by atoms with van der Waals surface area (Å²) >= 11 is -2.97. The van der Waals surface area contributed by atoms with Crippen molar-refractivity contribution in [2.45, 2.75) is 128 Å². The van der Waals surface area contributed by atoms with E-state index in [0.29, 0.717) is 6.61 Å². The molecule has 1 unspecified atom stereocenters. The molecule has 6 heteroatoms. The number of aliphatic hydroxyl groups is 1. The van der Waals surface area contributed by atoms with Gasteiger partial charge in [-0.2, -0.15) is 0 Å². The Balaban J connectivity index is 1.85. The molecule has 33 heavy (non-hydrogen) atoms. The second-order valence-corrected chi connectivity index (χ2v) is 24.2. The first-order valence-corrected chi connectivity index (χ1v) is 20.9. The first-order chi connectivity index (χ1) is 15.9. The summed E-state index contributed by atoms with van der Waals surface area (Å²) in [6.45, 7) is 11.1. The van der Waals surface area contributed by atoms with Crippen LogP contribution in [-0.2, 0) is 25.6 Å². The van der Waals surface area contributed by atoms with Crippen LogP contribution in [0.4, 0.5) is 0 Å². The van der Waals surface area contributed by atoms with E-state index in [9.17, 15) is 5.11 Å². The number of unbranched alkanes of at least 4 members (excludes halogenated alkanes) is 3. The molecule has 2 aliphatic heterocycles. The van der Waals surface area contributed by atoms with Gasteiger partial charge in [-0.05, 0) is 0 Å². The summed E-state index contributed by atoms with van der Waals surface area (Å²) in [6.07, 6.45) is 5.65. The molecule has 188 valence electrons. The molecule has 0 amide bonds. The van der Waals surface area contributed by atoms with E-state index in [1.54, 1.807) is 0 Å². The summed E-state index contributed by atoms with van der Waals surface area (Å²) in [7, 11) is 0. The van der Waals surface area contributed by atoms with E-state index in [-0.39, 0.29) is 18.3 Å². The molecule has 1 N–H and O–H groups in total. The fourth-order valence-electron chi connectivity index (χ4n) is 5.47. The van der Waals surface area contributed by atoms with Crippen molar-refractivity contribution in [3.8, 4) is 0 Å². The Morgan fingerprint density at radius 2 is 1.52 bits per heavy atom. The number of rotatable bonds is 14. The van der Waals surface area contributed by atoms with E-state index < -0.39 is 34.6 Å². The van der Waals surface area contributed by atoms with E-state index in [1.807, 2.05) is 32.0 Å². The zero-order valence-corrected chi connectivity index (χ0v) is 24.3. The Morgan fingerprint density at radius 1 is 0.939 bits per heavy atom. The standard InChI is InChI=1S/C15H19O5.3C4H9.Sn/c1-15(2)19-13-12(11(8-16)18-14(13)20-15)17-9-10-6-4-3-5-7-10;3*1-3-4-2;/h3-8,11-14,16H,9H2,1-2H3;3*1,3-4H2,2H3;/t11-,12+,13-,14-;;;;/m1..../s1. The third-order valence-corrected chi connectivity index (χ3v) is 23.4. The van der Waals surface area contributed by atoms with Gasteiger partial charge in [0.1, 0.15) is 0 Å². The van der Waals surface area contributed by atoms with E-state index in [0.717, 1.165) is 5.56 Å². The number of hydrogen-bond donors (Lipinski definition) is 1. The predicted molar refractivity (Wildman–Crippen MR) is 135 cm³/mol. The Morgan fingerprint density at radius 3 is 2.06 bits per heavy atom. The fourth-order valence-corrected chi connectivity index (χ4v) is 22.0. The van der Waals surface area contributed by atoms with Gasteiger partial charge in [-0.25, -0.2) is 0 Å². The van der Waals surface area contributed by atoms with Crippen molar-refractivity contribution in [3.63, 3.8) is 0 Å². The van der Waals surface area contributed by atoms with Gasteiger partial charge in [0.15, 0.2) is 0 Å². The van der Waals surface area contributed by atoms with Gasteiger partial charge < -0.3 is 0 Å². The second-order valence-electron chi connectivity index (χ2n) is 10.4. The SMILES string of the molecule is CCC[CH2][Sn]([CH2]CCC)([CH2]CCC)[CH](O)[C@H]1O[C@@H]2OC(C)(C)O[C@@H]2[C@H]1OCc1ccccc1. The molecule has 1 aromatic rings. The summed E-state index contributed by atoms with van der Waals surface area (Å²) in [5.74, 6) is -0.702.